The molecule has 214 valence electrons. The minimum Gasteiger partial charge on any atom is -0.465 e. The fourth-order valence-corrected chi connectivity index (χ4v) is 4.89. The van der Waals surface area contributed by atoms with Crippen LogP contribution in [0.3, 0.4) is 0 Å². The van der Waals surface area contributed by atoms with Crippen LogP contribution in [-0.4, -0.2) is 51.3 Å². The molecule has 0 fully saturated rings. The summed E-state index contributed by atoms with van der Waals surface area (Å²) in [6.45, 7) is 2.99. The smallest absolute Gasteiger partial charge is 0.405 e. The molecule has 2 aromatic carbocycles. The fourth-order valence-electron chi connectivity index (χ4n) is 4.39. The number of nitrogens with zero attached hydrogens (tertiary/aromatic N) is 3. The summed E-state index contributed by atoms with van der Waals surface area (Å²) in [6, 6.07) is 10.2. The van der Waals surface area contributed by atoms with Crippen LogP contribution >= 0.6 is 0 Å². The number of para-hydroxylation sites is 1. The molecule has 41 heavy (non-hydrogen) atoms. The molecule has 0 aliphatic rings. The SMILES string of the molecule is Cn1nc(NS(C)(=O)=O)c2cccc(-c3ccc(C#CC(C)(C)O)nc3C(Cc3cc(F)cc(F)c3)NC(=O)O)c21. The molecular weight excluding hydrogens is 556 g/mol. The highest BCUT2D eigenvalue weighted by Crippen LogP contribution is 2.36. The highest BCUT2D eigenvalue weighted by atomic mass is 32.2. The number of aliphatic hydroxyl groups is 1. The van der Waals surface area contributed by atoms with Gasteiger partial charge in [0, 0.05) is 29.6 Å². The van der Waals surface area contributed by atoms with Gasteiger partial charge in [0.1, 0.15) is 22.9 Å². The summed E-state index contributed by atoms with van der Waals surface area (Å²) in [5.41, 5.74) is 0.737. The number of sulfonamides is 1. The standard InChI is InChI=1S/C28H27F2N5O5S/c1-28(2,38)11-10-19-8-9-20(21-6-5-7-22-25(21)35(3)33-26(22)34-41(4,39)40)24(31-19)23(32-27(36)37)14-16-12-17(29)15-18(30)13-16/h5-9,12-13,15,23,32,38H,14H2,1-4H3,(H,33,34)(H,36,37). The van der Waals surface area contributed by atoms with Gasteiger partial charge in [-0.25, -0.2) is 27.0 Å². The Bertz CT molecular complexity index is 1800. The number of aromatic nitrogens is 3. The minimum atomic E-state index is -3.64. The van der Waals surface area contributed by atoms with Gasteiger partial charge in [-0.2, -0.15) is 5.10 Å². The van der Waals surface area contributed by atoms with Crippen molar-refractivity contribution >= 4 is 32.8 Å². The van der Waals surface area contributed by atoms with Crippen LogP contribution in [0.2, 0.25) is 0 Å². The first-order valence-corrected chi connectivity index (χ1v) is 14.1. The highest BCUT2D eigenvalue weighted by molar-refractivity contribution is 7.92. The van der Waals surface area contributed by atoms with E-state index in [0.29, 0.717) is 28.1 Å². The van der Waals surface area contributed by atoms with Crippen LogP contribution in [0.5, 0.6) is 0 Å². The predicted molar refractivity (Wildman–Crippen MR) is 150 cm³/mol. The second-order valence-electron chi connectivity index (χ2n) is 9.97. The number of aryl methyl sites for hydroxylation is 1. The summed E-state index contributed by atoms with van der Waals surface area (Å²) in [6.07, 6.45) is -0.554. The van der Waals surface area contributed by atoms with Crippen molar-refractivity contribution in [3.05, 3.63) is 77.1 Å². The van der Waals surface area contributed by atoms with Crippen LogP contribution in [0.25, 0.3) is 22.0 Å². The van der Waals surface area contributed by atoms with Gasteiger partial charge in [-0.3, -0.25) is 9.40 Å². The second-order valence-corrected chi connectivity index (χ2v) is 11.7. The van der Waals surface area contributed by atoms with E-state index in [1.54, 1.807) is 37.4 Å². The normalized spacial score (nSPS) is 12.5. The van der Waals surface area contributed by atoms with Gasteiger partial charge >= 0.3 is 6.09 Å². The number of halogens is 2. The van der Waals surface area contributed by atoms with Crippen molar-refractivity contribution in [3.63, 3.8) is 0 Å². The molecule has 0 bridgehead atoms. The number of rotatable bonds is 7. The number of anilines is 1. The fraction of sp³-hybridized carbons (Fsp3) is 0.250. The number of benzene rings is 2. The molecule has 0 radical (unpaired) electrons. The molecule has 4 rings (SSSR count). The Morgan fingerprint density at radius 2 is 1.80 bits per heavy atom. The molecule has 4 aromatic rings. The van der Waals surface area contributed by atoms with Crippen molar-refractivity contribution < 1.29 is 32.2 Å². The lowest BCUT2D eigenvalue weighted by atomic mass is 9.94. The zero-order valence-electron chi connectivity index (χ0n) is 22.5. The maximum absolute atomic E-state index is 14.0. The summed E-state index contributed by atoms with van der Waals surface area (Å²) >= 11 is 0. The largest absolute Gasteiger partial charge is 0.465 e. The van der Waals surface area contributed by atoms with Gasteiger partial charge in [0.05, 0.1) is 23.5 Å². The first-order valence-electron chi connectivity index (χ1n) is 12.2. The molecular formula is C28H27F2N5O5S. The lowest BCUT2D eigenvalue weighted by molar-refractivity contribution is 0.143. The molecule has 4 N–H and O–H groups in total. The zero-order valence-corrected chi connectivity index (χ0v) is 23.3. The van der Waals surface area contributed by atoms with E-state index in [2.05, 4.69) is 32.0 Å². The van der Waals surface area contributed by atoms with Gasteiger partial charge in [-0.15, -0.1) is 0 Å². The number of carboxylic acid groups (broad SMARTS) is 1. The van der Waals surface area contributed by atoms with Crippen molar-refractivity contribution in [3.8, 4) is 23.0 Å². The van der Waals surface area contributed by atoms with Crippen molar-refractivity contribution in [1.29, 1.82) is 0 Å². The van der Waals surface area contributed by atoms with Crippen molar-refractivity contribution in [1.82, 2.24) is 20.1 Å². The third kappa shape index (κ3) is 7.36. The third-order valence-corrected chi connectivity index (χ3v) is 6.41. The van der Waals surface area contributed by atoms with E-state index in [-0.39, 0.29) is 29.2 Å². The van der Waals surface area contributed by atoms with Gasteiger partial charge in [-0.1, -0.05) is 18.1 Å². The highest BCUT2D eigenvalue weighted by Gasteiger charge is 2.25. The van der Waals surface area contributed by atoms with Crippen LogP contribution in [0, 0.1) is 23.5 Å². The Morgan fingerprint density at radius 1 is 1.12 bits per heavy atom. The molecule has 13 heteroatoms. The Hall–Kier alpha value is -4.54. The van der Waals surface area contributed by atoms with Gasteiger partial charge in [-0.05, 0) is 62.1 Å². The van der Waals surface area contributed by atoms with Crippen LogP contribution in [0.15, 0.2) is 48.5 Å². The average Bonchev–Trinajstić information content (AvgIpc) is 3.14. The summed E-state index contributed by atoms with van der Waals surface area (Å²) < 4.78 is 55.7. The number of hydrogen-bond donors (Lipinski definition) is 4. The molecule has 1 atom stereocenters. The van der Waals surface area contributed by atoms with Crippen LogP contribution in [0.1, 0.15) is 36.8 Å². The number of nitrogens with one attached hydrogen (secondary N) is 2. The van der Waals surface area contributed by atoms with Gasteiger partial charge in [0.2, 0.25) is 10.0 Å². The Balaban J connectivity index is 1.97. The Labute approximate surface area is 235 Å². The van der Waals surface area contributed by atoms with Crippen molar-refractivity contribution in [2.24, 2.45) is 7.05 Å². The van der Waals surface area contributed by atoms with Gasteiger partial charge in [0.15, 0.2) is 5.82 Å². The molecule has 2 heterocycles. The van der Waals surface area contributed by atoms with Crippen LogP contribution in [-0.2, 0) is 23.5 Å². The Kier molecular flexibility index (Phi) is 8.01. The topological polar surface area (TPSA) is 146 Å². The number of hydrogen-bond acceptors (Lipinski definition) is 6. The van der Waals surface area contributed by atoms with Crippen LogP contribution < -0.4 is 10.0 Å². The van der Waals surface area contributed by atoms with E-state index in [4.69, 9.17) is 0 Å². The lowest BCUT2D eigenvalue weighted by Crippen LogP contribution is -2.30. The molecule has 0 aliphatic heterocycles. The van der Waals surface area contributed by atoms with Crippen molar-refractivity contribution in [2.45, 2.75) is 31.9 Å². The third-order valence-electron chi connectivity index (χ3n) is 5.85. The molecule has 2 aromatic heterocycles. The molecule has 10 nitrogen and oxygen atoms in total. The first kappa shape index (κ1) is 29.4. The molecule has 0 saturated heterocycles. The maximum atomic E-state index is 14.0. The van der Waals surface area contributed by atoms with Gasteiger partial charge in [0.25, 0.3) is 0 Å². The molecule has 0 spiro atoms. The number of carbonyl (C=O) groups is 1. The summed E-state index contributed by atoms with van der Waals surface area (Å²) in [5.74, 6) is 3.89. The van der Waals surface area contributed by atoms with Crippen LogP contribution in [0.4, 0.5) is 19.4 Å². The van der Waals surface area contributed by atoms with E-state index in [1.807, 2.05) is 0 Å². The van der Waals surface area contributed by atoms with E-state index >= 15 is 0 Å². The molecule has 0 aliphatic carbocycles. The average molecular weight is 584 g/mol. The monoisotopic (exact) mass is 583 g/mol. The summed E-state index contributed by atoms with van der Waals surface area (Å²) in [5, 5.41) is 26.9. The molecule has 1 unspecified atom stereocenters. The molecule has 1 amide bonds. The lowest BCUT2D eigenvalue weighted by Gasteiger charge is -2.21. The summed E-state index contributed by atoms with van der Waals surface area (Å²) in [4.78, 5) is 16.5. The van der Waals surface area contributed by atoms with E-state index < -0.39 is 39.4 Å². The summed E-state index contributed by atoms with van der Waals surface area (Å²) in [7, 11) is -2.02. The maximum Gasteiger partial charge on any atom is 0.405 e. The van der Waals surface area contributed by atoms with Gasteiger partial charge < -0.3 is 15.5 Å². The van der Waals surface area contributed by atoms with Crippen molar-refractivity contribution in [2.75, 3.05) is 11.0 Å². The van der Waals surface area contributed by atoms with E-state index in [0.717, 1.165) is 18.4 Å². The Morgan fingerprint density at radius 3 is 2.41 bits per heavy atom. The molecule has 0 saturated carbocycles. The predicted octanol–water partition coefficient (Wildman–Crippen LogP) is 3.96. The second kappa shape index (κ2) is 11.1. The van der Waals surface area contributed by atoms with E-state index in [1.165, 1.54) is 18.5 Å². The number of amides is 1. The first-order chi connectivity index (χ1) is 19.1. The van der Waals surface area contributed by atoms with E-state index in [9.17, 15) is 32.2 Å². The quantitative estimate of drug-likeness (QED) is 0.241. The number of fused-ring (bicyclic) bond motifs is 1. The zero-order chi connectivity index (χ0) is 30.1. The number of pyridine rings is 1. The minimum absolute atomic E-state index is 0.101.